The van der Waals surface area contributed by atoms with Gasteiger partial charge in [-0.15, -0.1) is 0 Å². The van der Waals surface area contributed by atoms with Crippen LogP contribution in [0.1, 0.15) is 61.3 Å². The first-order chi connectivity index (χ1) is 9.83. The summed E-state index contributed by atoms with van der Waals surface area (Å²) in [6.45, 7) is 0. The number of benzene rings is 1. The van der Waals surface area contributed by atoms with Crippen LogP contribution in [0.3, 0.4) is 0 Å². The van der Waals surface area contributed by atoms with E-state index in [9.17, 15) is 0 Å². The first kappa shape index (κ1) is 13.3. The van der Waals surface area contributed by atoms with Gasteiger partial charge < -0.3 is 10.3 Å². The molecule has 1 saturated carbocycles. The van der Waals surface area contributed by atoms with Gasteiger partial charge in [0.05, 0.1) is 0 Å². The summed E-state index contributed by atoms with van der Waals surface area (Å²) >= 11 is 0. The Labute approximate surface area is 119 Å². The Morgan fingerprint density at radius 1 is 1.20 bits per heavy atom. The minimum Gasteiger partial charge on any atom is -0.339 e. The zero-order chi connectivity index (χ0) is 13.8. The molecule has 0 saturated heterocycles. The summed E-state index contributed by atoms with van der Waals surface area (Å²) in [6.07, 6.45) is 6.54. The van der Waals surface area contributed by atoms with E-state index in [0.717, 1.165) is 30.1 Å². The summed E-state index contributed by atoms with van der Waals surface area (Å²) in [5, 5.41) is 4.12. The summed E-state index contributed by atoms with van der Waals surface area (Å²) in [5.41, 5.74) is 7.34. The van der Waals surface area contributed by atoms with Crippen LogP contribution in [0.4, 0.5) is 0 Å². The lowest BCUT2D eigenvalue weighted by Gasteiger charge is -2.09. The van der Waals surface area contributed by atoms with E-state index in [1.54, 1.807) is 0 Å². The number of nitrogens with two attached hydrogens (primary N) is 1. The fourth-order valence-electron chi connectivity index (χ4n) is 2.87. The van der Waals surface area contributed by atoms with Gasteiger partial charge in [0.1, 0.15) is 0 Å². The molecule has 1 heterocycles. The quantitative estimate of drug-likeness (QED) is 0.905. The van der Waals surface area contributed by atoms with Gasteiger partial charge in [0.15, 0.2) is 5.82 Å². The summed E-state index contributed by atoms with van der Waals surface area (Å²) in [6, 6.07) is 10.2. The molecule has 2 N–H and O–H groups in total. The molecule has 0 aliphatic heterocycles. The third-order valence-electron chi connectivity index (χ3n) is 4.10. The lowest BCUT2D eigenvalue weighted by atomic mass is 10.0. The van der Waals surface area contributed by atoms with Crippen molar-refractivity contribution in [2.45, 2.75) is 50.5 Å². The predicted molar refractivity (Wildman–Crippen MR) is 77.2 cm³/mol. The molecule has 106 valence electrons. The van der Waals surface area contributed by atoms with Gasteiger partial charge >= 0.3 is 0 Å². The molecule has 1 aliphatic rings. The van der Waals surface area contributed by atoms with Crippen LogP contribution in [0.5, 0.6) is 0 Å². The molecular formula is C16H21N3O. The molecule has 0 radical (unpaired) electrons. The maximum atomic E-state index is 6.18. The second kappa shape index (κ2) is 6.18. The Morgan fingerprint density at radius 3 is 2.70 bits per heavy atom. The third-order valence-corrected chi connectivity index (χ3v) is 4.10. The van der Waals surface area contributed by atoms with E-state index in [2.05, 4.69) is 22.3 Å². The summed E-state index contributed by atoms with van der Waals surface area (Å²) in [5.74, 6) is 2.12. The van der Waals surface area contributed by atoms with Crippen molar-refractivity contribution in [3.63, 3.8) is 0 Å². The molecule has 3 rings (SSSR count). The second-order valence-corrected chi connectivity index (χ2v) is 5.58. The SMILES string of the molecule is NC(CCc1nc(C2CCCC2)no1)c1ccccc1. The van der Waals surface area contributed by atoms with Gasteiger partial charge in [0, 0.05) is 18.4 Å². The van der Waals surface area contributed by atoms with E-state index in [0.29, 0.717) is 5.92 Å². The van der Waals surface area contributed by atoms with Gasteiger partial charge in [-0.25, -0.2) is 0 Å². The zero-order valence-corrected chi connectivity index (χ0v) is 11.7. The van der Waals surface area contributed by atoms with E-state index in [1.165, 1.54) is 25.7 Å². The van der Waals surface area contributed by atoms with Crippen molar-refractivity contribution >= 4 is 0 Å². The van der Waals surface area contributed by atoms with Gasteiger partial charge in [0.2, 0.25) is 5.89 Å². The highest BCUT2D eigenvalue weighted by molar-refractivity contribution is 5.18. The molecule has 1 aromatic carbocycles. The van der Waals surface area contributed by atoms with Crippen LogP contribution in [0, 0.1) is 0 Å². The lowest BCUT2D eigenvalue weighted by Crippen LogP contribution is -2.11. The van der Waals surface area contributed by atoms with Crippen LogP contribution in [0.25, 0.3) is 0 Å². The first-order valence-electron chi connectivity index (χ1n) is 7.46. The first-order valence-corrected chi connectivity index (χ1v) is 7.46. The van der Waals surface area contributed by atoms with Crippen molar-refractivity contribution < 1.29 is 4.52 Å². The highest BCUT2D eigenvalue weighted by atomic mass is 16.5. The minimum absolute atomic E-state index is 0.0260. The van der Waals surface area contributed by atoms with Gasteiger partial charge in [-0.2, -0.15) is 4.98 Å². The van der Waals surface area contributed by atoms with E-state index >= 15 is 0 Å². The molecule has 4 nitrogen and oxygen atoms in total. The van der Waals surface area contributed by atoms with E-state index in [-0.39, 0.29) is 6.04 Å². The molecule has 0 spiro atoms. The van der Waals surface area contributed by atoms with Gasteiger partial charge in [-0.1, -0.05) is 48.3 Å². The molecular weight excluding hydrogens is 250 g/mol. The number of aromatic nitrogens is 2. The van der Waals surface area contributed by atoms with Gasteiger partial charge in [-0.3, -0.25) is 0 Å². The molecule has 1 fully saturated rings. The van der Waals surface area contributed by atoms with Crippen LogP contribution in [-0.4, -0.2) is 10.1 Å². The largest absolute Gasteiger partial charge is 0.339 e. The van der Waals surface area contributed by atoms with Gasteiger partial charge in [-0.05, 0) is 24.8 Å². The Balaban J connectivity index is 1.56. The zero-order valence-electron chi connectivity index (χ0n) is 11.7. The number of nitrogens with zero attached hydrogens (tertiary/aromatic N) is 2. The molecule has 1 unspecified atom stereocenters. The topological polar surface area (TPSA) is 64.9 Å². The Morgan fingerprint density at radius 2 is 1.95 bits per heavy atom. The molecule has 20 heavy (non-hydrogen) atoms. The maximum absolute atomic E-state index is 6.18. The fraction of sp³-hybridized carbons (Fsp3) is 0.500. The molecule has 1 aromatic heterocycles. The Bertz CT molecular complexity index is 532. The normalized spacial score (nSPS) is 17.4. The maximum Gasteiger partial charge on any atom is 0.226 e. The standard InChI is InChI=1S/C16H21N3O/c17-14(12-6-2-1-3-7-12)10-11-15-18-16(19-20-15)13-8-4-5-9-13/h1-3,6-7,13-14H,4-5,8-11,17H2. The van der Waals surface area contributed by atoms with Crippen molar-refractivity contribution in [3.8, 4) is 0 Å². The molecule has 1 aliphatic carbocycles. The highest BCUT2D eigenvalue weighted by Gasteiger charge is 2.22. The number of hydrogen-bond donors (Lipinski definition) is 1. The molecule has 0 bridgehead atoms. The van der Waals surface area contributed by atoms with Gasteiger partial charge in [0.25, 0.3) is 0 Å². The van der Waals surface area contributed by atoms with Crippen LogP contribution in [-0.2, 0) is 6.42 Å². The smallest absolute Gasteiger partial charge is 0.226 e. The summed E-state index contributed by atoms with van der Waals surface area (Å²) < 4.78 is 5.35. The molecule has 0 amide bonds. The fourth-order valence-corrected chi connectivity index (χ4v) is 2.87. The average molecular weight is 271 g/mol. The molecule has 1 atom stereocenters. The Hall–Kier alpha value is -1.68. The number of aryl methyl sites for hydroxylation is 1. The minimum atomic E-state index is 0.0260. The van der Waals surface area contributed by atoms with Crippen molar-refractivity contribution in [2.24, 2.45) is 5.73 Å². The van der Waals surface area contributed by atoms with E-state index < -0.39 is 0 Å². The highest BCUT2D eigenvalue weighted by Crippen LogP contribution is 2.32. The van der Waals surface area contributed by atoms with E-state index in [4.69, 9.17) is 10.3 Å². The van der Waals surface area contributed by atoms with Crippen molar-refractivity contribution in [1.29, 1.82) is 0 Å². The molecule has 4 heteroatoms. The van der Waals surface area contributed by atoms with E-state index in [1.807, 2.05) is 18.2 Å². The van der Waals surface area contributed by atoms with Crippen molar-refractivity contribution in [1.82, 2.24) is 10.1 Å². The van der Waals surface area contributed by atoms with Crippen LogP contribution < -0.4 is 5.73 Å². The predicted octanol–water partition coefficient (Wildman–Crippen LogP) is 3.36. The van der Waals surface area contributed by atoms with Crippen LogP contribution in [0.2, 0.25) is 0 Å². The third kappa shape index (κ3) is 3.07. The number of hydrogen-bond acceptors (Lipinski definition) is 4. The van der Waals surface area contributed by atoms with Crippen molar-refractivity contribution in [3.05, 3.63) is 47.6 Å². The summed E-state index contributed by atoms with van der Waals surface area (Å²) in [4.78, 5) is 4.52. The molecule has 2 aromatic rings. The number of rotatable bonds is 5. The van der Waals surface area contributed by atoms with Crippen LogP contribution >= 0.6 is 0 Å². The lowest BCUT2D eigenvalue weighted by molar-refractivity contribution is 0.363. The summed E-state index contributed by atoms with van der Waals surface area (Å²) in [7, 11) is 0. The van der Waals surface area contributed by atoms with Crippen LogP contribution in [0.15, 0.2) is 34.9 Å². The Kier molecular flexibility index (Phi) is 4.11. The van der Waals surface area contributed by atoms with Crippen molar-refractivity contribution in [2.75, 3.05) is 0 Å². The second-order valence-electron chi connectivity index (χ2n) is 5.58. The monoisotopic (exact) mass is 271 g/mol. The average Bonchev–Trinajstić information content (AvgIpc) is 3.16.